The fourth-order valence-electron chi connectivity index (χ4n) is 3.98. The van der Waals surface area contributed by atoms with Gasteiger partial charge in [-0.3, -0.25) is 9.78 Å². The standard InChI is InChI=1S/C19H25N5O.2ClH/c25-19(17-3-8-21-13-17)23-10-4-16(5-11-23)18-22-9-12-24(18)14-15-1-6-20-7-2-15;;/h1-2,6-7,9,12,16-17,21H,3-5,8,10-11,13-14H2;2*1H. The number of halogens is 2. The Labute approximate surface area is 172 Å². The number of carbonyl (C=O) groups is 1. The van der Waals surface area contributed by atoms with Gasteiger partial charge in [0.1, 0.15) is 5.82 Å². The van der Waals surface area contributed by atoms with Crippen LogP contribution in [0, 0.1) is 5.92 Å². The van der Waals surface area contributed by atoms with Gasteiger partial charge < -0.3 is 14.8 Å². The highest BCUT2D eigenvalue weighted by molar-refractivity contribution is 5.85. The van der Waals surface area contributed by atoms with E-state index in [4.69, 9.17) is 0 Å². The van der Waals surface area contributed by atoms with E-state index in [2.05, 4.69) is 30.9 Å². The molecule has 2 aliphatic heterocycles. The van der Waals surface area contributed by atoms with Crippen LogP contribution < -0.4 is 5.32 Å². The predicted molar refractivity (Wildman–Crippen MR) is 110 cm³/mol. The Morgan fingerprint density at radius 3 is 2.52 bits per heavy atom. The molecule has 4 rings (SSSR count). The molecule has 1 amide bonds. The molecule has 1 N–H and O–H groups in total. The smallest absolute Gasteiger partial charge is 0.227 e. The molecule has 0 spiro atoms. The summed E-state index contributed by atoms with van der Waals surface area (Å²) in [6.07, 6.45) is 10.6. The minimum Gasteiger partial charge on any atom is -0.342 e. The summed E-state index contributed by atoms with van der Waals surface area (Å²) in [5.74, 6) is 2.10. The summed E-state index contributed by atoms with van der Waals surface area (Å²) in [5.41, 5.74) is 1.23. The Morgan fingerprint density at radius 1 is 1.11 bits per heavy atom. The van der Waals surface area contributed by atoms with Crippen molar-refractivity contribution in [1.82, 2.24) is 24.8 Å². The van der Waals surface area contributed by atoms with Gasteiger partial charge in [0.05, 0.1) is 5.92 Å². The fourth-order valence-corrected chi connectivity index (χ4v) is 3.98. The molecule has 4 heterocycles. The molecule has 6 nitrogen and oxygen atoms in total. The minimum atomic E-state index is 0. The zero-order valence-electron chi connectivity index (χ0n) is 15.3. The number of hydrogen-bond acceptors (Lipinski definition) is 4. The van der Waals surface area contributed by atoms with E-state index < -0.39 is 0 Å². The van der Waals surface area contributed by atoms with E-state index in [1.54, 1.807) is 0 Å². The first-order valence-corrected chi connectivity index (χ1v) is 9.20. The van der Waals surface area contributed by atoms with Crippen molar-refractivity contribution in [3.63, 3.8) is 0 Å². The van der Waals surface area contributed by atoms with Gasteiger partial charge in [0.15, 0.2) is 0 Å². The van der Waals surface area contributed by atoms with Gasteiger partial charge in [-0.1, -0.05) is 0 Å². The van der Waals surface area contributed by atoms with Gasteiger partial charge >= 0.3 is 0 Å². The second kappa shape index (κ2) is 10.1. The number of nitrogens with zero attached hydrogens (tertiary/aromatic N) is 4. The molecule has 148 valence electrons. The number of hydrogen-bond donors (Lipinski definition) is 1. The maximum atomic E-state index is 12.6. The number of aromatic nitrogens is 3. The zero-order valence-corrected chi connectivity index (χ0v) is 16.9. The number of rotatable bonds is 4. The number of imidazole rings is 1. The van der Waals surface area contributed by atoms with Gasteiger partial charge in [0.25, 0.3) is 0 Å². The van der Waals surface area contributed by atoms with Crippen molar-refractivity contribution in [1.29, 1.82) is 0 Å². The Bertz CT molecular complexity index is 710. The lowest BCUT2D eigenvalue weighted by molar-refractivity contribution is -0.136. The highest BCUT2D eigenvalue weighted by atomic mass is 35.5. The Kier molecular flexibility index (Phi) is 8.07. The zero-order chi connectivity index (χ0) is 17.1. The number of piperidine rings is 1. The van der Waals surface area contributed by atoms with Gasteiger partial charge in [-0.25, -0.2) is 4.98 Å². The summed E-state index contributed by atoms with van der Waals surface area (Å²) in [4.78, 5) is 23.3. The van der Waals surface area contributed by atoms with Crippen molar-refractivity contribution in [2.45, 2.75) is 31.7 Å². The Balaban J connectivity index is 0.00000131. The highest BCUT2D eigenvalue weighted by Crippen LogP contribution is 2.28. The molecule has 0 aliphatic carbocycles. The lowest BCUT2D eigenvalue weighted by Gasteiger charge is -2.33. The molecular weight excluding hydrogens is 385 g/mol. The third-order valence-electron chi connectivity index (χ3n) is 5.43. The quantitative estimate of drug-likeness (QED) is 0.838. The average Bonchev–Trinajstić information content (AvgIpc) is 3.34. The van der Waals surface area contributed by atoms with Crippen LogP contribution in [0.3, 0.4) is 0 Å². The number of amides is 1. The molecule has 0 radical (unpaired) electrons. The third kappa shape index (κ3) is 5.00. The molecule has 2 aliphatic rings. The van der Waals surface area contributed by atoms with Crippen LogP contribution in [0.5, 0.6) is 0 Å². The third-order valence-corrected chi connectivity index (χ3v) is 5.43. The molecular formula is C19H27Cl2N5O. The number of likely N-dealkylation sites (tertiary alicyclic amines) is 1. The SMILES string of the molecule is Cl.Cl.O=C(C1CCNC1)N1CCC(c2nccn2Cc2ccncc2)CC1. The van der Waals surface area contributed by atoms with E-state index in [0.29, 0.717) is 11.8 Å². The molecule has 0 saturated carbocycles. The van der Waals surface area contributed by atoms with E-state index in [-0.39, 0.29) is 30.7 Å². The van der Waals surface area contributed by atoms with E-state index in [1.165, 1.54) is 5.56 Å². The molecule has 0 aromatic carbocycles. The molecule has 2 fully saturated rings. The van der Waals surface area contributed by atoms with Gasteiger partial charge in [-0.15, -0.1) is 24.8 Å². The Morgan fingerprint density at radius 2 is 1.85 bits per heavy atom. The van der Waals surface area contributed by atoms with Crippen LogP contribution in [0.25, 0.3) is 0 Å². The molecule has 27 heavy (non-hydrogen) atoms. The molecule has 2 aromatic rings. The van der Waals surface area contributed by atoms with Crippen LogP contribution in [0.4, 0.5) is 0 Å². The fraction of sp³-hybridized carbons (Fsp3) is 0.526. The molecule has 2 aromatic heterocycles. The maximum absolute atomic E-state index is 12.6. The minimum absolute atomic E-state index is 0. The van der Waals surface area contributed by atoms with Crippen LogP contribution in [0.2, 0.25) is 0 Å². The van der Waals surface area contributed by atoms with Gasteiger partial charge in [0.2, 0.25) is 5.91 Å². The predicted octanol–water partition coefficient (Wildman–Crippen LogP) is 2.49. The van der Waals surface area contributed by atoms with Gasteiger partial charge in [-0.05, 0) is 43.5 Å². The van der Waals surface area contributed by atoms with Crippen LogP contribution >= 0.6 is 24.8 Å². The van der Waals surface area contributed by atoms with Crippen LogP contribution in [-0.2, 0) is 11.3 Å². The average molecular weight is 412 g/mol. The van der Waals surface area contributed by atoms with Crippen molar-refractivity contribution < 1.29 is 4.79 Å². The van der Waals surface area contributed by atoms with E-state index >= 15 is 0 Å². The largest absolute Gasteiger partial charge is 0.342 e. The second-order valence-corrected chi connectivity index (χ2v) is 7.06. The van der Waals surface area contributed by atoms with Crippen molar-refractivity contribution in [3.8, 4) is 0 Å². The number of nitrogens with one attached hydrogen (secondary N) is 1. The van der Waals surface area contributed by atoms with Gasteiger partial charge in [-0.2, -0.15) is 0 Å². The molecule has 0 bridgehead atoms. The second-order valence-electron chi connectivity index (χ2n) is 7.06. The van der Waals surface area contributed by atoms with E-state index in [1.807, 2.05) is 30.7 Å². The first-order valence-electron chi connectivity index (χ1n) is 9.20. The lowest BCUT2D eigenvalue weighted by atomic mass is 9.94. The topological polar surface area (TPSA) is 63.1 Å². The Hall–Kier alpha value is -1.63. The van der Waals surface area contributed by atoms with E-state index in [0.717, 1.165) is 57.8 Å². The van der Waals surface area contributed by atoms with E-state index in [9.17, 15) is 4.79 Å². The highest BCUT2D eigenvalue weighted by Gasteiger charge is 2.31. The number of pyridine rings is 1. The molecule has 8 heteroatoms. The molecule has 2 saturated heterocycles. The molecule has 1 unspecified atom stereocenters. The first kappa shape index (κ1) is 21.7. The first-order chi connectivity index (χ1) is 12.3. The van der Waals surface area contributed by atoms with Crippen LogP contribution in [0.15, 0.2) is 36.9 Å². The monoisotopic (exact) mass is 411 g/mol. The maximum Gasteiger partial charge on any atom is 0.227 e. The summed E-state index contributed by atoms with van der Waals surface area (Å²) in [5, 5.41) is 3.29. The summed E-state index contributed by atoms with van der Waals surface area (Å²) < 4.78 is 2.23. The summed E-state index contributed by atoms with van der Waals surface area (Å²) in [6, 6.07) is 4.08. The summed E-state index contributed by atoms with van der Waals surface area (Å²) >= 11 is 0. The van der Waals surface area contributed by atoms with Crippen molar-refractivity contribution in [2.24, 2.45) is 5.92 Å². The molecule has 1 atom stereocenters. The number of carbonyl (C=O) groups excluding carboxylic acids is 1. The van der Waals surface area contributed by atoms with Crippen LogP contribution in [0.1, 0.15) is 36.6 Å². The normalized spacial score (nSPS) is 20.0. The van der Waals surface area contributed by atoms with Crippen molar-refractivity contribution >= 4 is 30.7 Å². The summed E-state index contributed by atoms with van der Waals surface area (Å²) in [7, 11) is 0. The van der Waals surface area contributed by atoms with Crippen molar-refractivity contribution in [3.05, 3.63) is 48.3 Å². The van der Waals surface area contributed by atoms with Crippen LogP contribution in [-0.4, -0.2) is 51.5 Å². The van der Waals surface area contributed by atoms with Gasteiger partial charge in [0, 0.05) is 56.9 Å². The summed E-state index contributed by atoms with van der Waals surface area (Å²) in [6.45, 7) is 4.34. The lowest BCUT2D eigenvalue weighted by Crippen LogP contribution is -2.42. The van der Waals surface area contributed by atoms with Crippen molar-refractivity contribution in [2.75, 3.05) is 26.2 Å².